The smallest absolute Gasteiger partial charge is 0.191 e. The summed E-state index contributed by atoms with van der Waals surface area (Å²) in [6.45, 7) is 9.29. The third-order valence-electron chi connectivity index (χ3n) is 5.40. The number of piperidine rings is 1. The summed E-state index contributed by atoms with van der Waals surface area (Å²) in [6.07, 6.45) is 2.89. The number of nitrogens with one attached hydrogen (secondary N) is 2. The molecule has 1 aliphatic heterocycles. The topological polar surface area (TPSA) is 39.7 Å². The van der Waals surface area contributed by atoms with Gasteiger partial charge in [-0.3, -0.25) is 4.99 Å². The Balaban J connectivity index is 1.55. The number of hydrogen-bond donors (Lipinski definition) is 2. The second-order valence-electron chi connectivity index (χ2n) is 7.60. The van der Waals surface area contributed by atoms with Crippen LogP contribution in [0.25, 0.3) is 0 Å². The minimum atomic E-state index is -0.456. The fraction of sp³-hybridized carbons (Fsp3) is 0.650. The predicted octanol–water partition coefficient (Wildman–Crippen LogP) is 3.25. The van der Waals surface area contributed by atoms with Crippen LogP contribution in [0.15, 0.2) is 23.2 Å². The number of rotatable bonds is 5. The van der Waals surface area contributed by atoms with Gasteiger partial charge in [-0.05, 0) is 52.2 Å². The quantitative estimate of drug-likeness (QED) is 0.622. The van der Waals surface area contributed by atoms with Crippen LogP contribution < -0.4 is 10.6 Å². The molecule has 1 aromatic rings. The van der Waals surface area contributed by atoms with Crippen LogP contribution in [-0.2, 0) is 0 Å². The number of aliphatic imine (C=N–C) groups is 1. The molecule has 1 aromatic carbocycles. The van der Waals surface area contributed by atoms with E-state index in [1.807, 2.05) is 6.92 Å². The number of guanidine groups is 1. The molecule has 0 radical (unpaired) electrons. The van der Waals surface area contributed by atoms with E-state index in [2.05, 4.69) is 34.4 Å². The third kappa shape index (κ3) is 4.53. The van der Waals surface area contributed by atoms with Gasteiger partial charge in [0.2, 0.25) is 0 Å². The monoisotopic (exact) mass is 364 g/mol. The molecule has 1 aliphatic carbocycles. The fourth-order valence-corrected chi connectivity index (χ4v) is 3.76. The molecule has 26 heavy (non-hydrogen) atoms. The molecule has 0 spiro atoms. The molecule has 6 heteroatoms. The zero-order valence-electron chi connectivity index (χ0n) is 15.9. The fourth-order valence-electron chi connectivity index (χ4n) is 3.76. The summed E-state index contributed by atoms with van der Waals surface area (Å²) in [4.78, 5) is 7.01. The lowest BCUT2D eigenvalue weighted by Crippen LogP contribution is -2.50. The van der Waals surface area contributed by atoms with E-state index in [-0.39, 0.29) is 17.5 Å². The van der Waals surface area contributed by atoms with Crippen molar-refractivity contribution in [2.24, 2.45) is 4.99 Å². The Morgan fingerprint density at radius 3 is 2.42 bits per heavy atom. The first-order chi connectivity index (χ1) is 12.5. The lowest BCUT2D eigenvalue weighted by atomic mass is 10.0. The van der Waals surface area contributed by atoms with Gasteiger partial charge >= 0.3 is 0 Å². The van der Waals surface area contributed by atoms with Gasteiger partial charge in [-0.25, -0.2) is 8.78 Å². The van der Waals surface area contributed by atoms with Crippen molar-refractivity contribution in [1.82, 2.24) is 15.5 Å². The van der Waals surface area contributed by atoms with E-state index >= 15 is 0 Å². The summed E-state index contributed by atoms with van der Waals surface area (Å²) in [7, 11) is 0. The van der Waals surface area contributed by atoms with E-state index in [4.69, 9.17) is 0 Å². The van der Waals surface area contributed by atoms with Crippen LogP contribution in [0.5, 0.6) is 0 Å². The van der Waals surface area contributed by atoms with Crippen molar-refractivity contribution in [3.8, 4) is 0 Å². The molecule has 0 aromatic heterocycles. The Morgan fingerprint density at radius 1 is 1.19 bits per heavy atom. The Bertz CT molecular complexity index is 618. The van der Waals surface area contributed by atoms with Crippen molar-refractivity contribution in [2.75, 3.05) is 19.6 Å². The van der Waals surface area contributed by atoms with Crippen molar-refractivity contribution in [2.45, 2.75) is 64.1 Å². The first kappa shape index (κ1) is 19.1. The number of likely N-dealkylation sites (tertiary alicyclic amines) is 1. The van der Waals surface area contributed by atoms with Gasteiger partial charge in [-0.1, -0.05) is 6.07 Å². The van der Waals surface area contributed by atoms with E-state index in [0.717, 1.165) is 38.3 Å². The molecule has 3 rings (SSSR count). The standard InChI is InChI=1S/C20H30F2N4/c1-4-23-20(24-14-8-10-26(11-9-14)13(2)3)25-18-12-15(18)19-16(21)6-5-7-17(19)22/h5-7,13-15,18H,4,8-12H2,1-3H3,(H2,23,24,25). The van der Waals surface area contributed by atoms with Crippen LogP contribution >= 0.6 is 0 Å². The van der Waals surface area contributed by atoms with E-state index in [9.17, 15) is 8.78 Å². The molecule has 2 aliphatic rings. The molecule has 1 saturated carbocycles. The molecule has 1 saturated heterocycles. The van der Waals surface area contributed by atoms with Crippen LogP contribution in [0.4, 0.5) is 8.78 Å². The molecule has 0 amide bonds. The zero-order chi connectivity index (χ0) is 18.7. The SMILES string of the molecule is CCN=C(NC1CCN(C(C)C)CC1)NC1CC1c1c(F)cccc1F. The Kier molecular flexibility index (Phi) is 6.12. The normalized spacial score (nSPS) is 24.8. The van der Waals surface area contributed by atoms with Crippen LogP contribution in [0.3, 0.4) is 0 Å². The van der Waals surface area contributed by atoms with Gasteiger partial charge in [0.25, 0.3) is 0 Å². The number of benzene rings is 1. The highest BCUT2D eigenvalue weighted by Gasteiger charge is 2.42. The Morgan fingerprint density at radius 2 is 1.85 bits per heavy atom. The summed E-state index contributed by atoms with van der Waals surface area (Å²) in [6, 6.07) is 5.08. The van der Waals surface area contributed by atoms with Crippen molar-refractivity contribution < 1.29 is 8.78 Å². The molecule has 2 atom stereocenters. The Labute approximate surface area is 155 Å². The van der Waals surface area contributed by atoms with Crippen LogP contribution in [0.1, 0.15) is 51.5 Å². The Hall–Kier alpha value is -1.69. The number of hydrogen-bond acceptors (Lipinski definition) is 2. The van der Waals surface area contributed by atoms with Gasteiger partial charge in [0.05, 0.1) is 0 Å². The van der Waals surface area contributed by atoms with Crippen LogP contribution in [-0.4, -0.2) is 48.6 Å². The highest BCUT2D eigenvalue weighted by Crippen LogP contribution is 2.43. The van der Waals surface area contributed by atoms with E-state index in [1.54, 1.807) is 0 Å². The first-order valence-corrected chi connectivity index (χ1v) is 9.75. The molecule has 1 heterocycles. The summed E-state index contributed by atoms with van der Waals surface area (Å²) in [5, 5.41) is 6.88. The van der Waals surface area contributed by atoms with Crippen molar-refractivity contribution in [3.05, 3.63) is 35.4 Å². The second kappa shape index (κ2) is 8.33. The van der Waals surface area contributed by atoms with Gasteiger partial charge in [-0.2, -0.15) is 0 Å². The van der Waals surface area contributed by atoms with Crippen molar-refractivity contribution in [3.63, 3.8) is 0 Å². The van der Waals surface area contributed by atoms with Crippen LogP contribution in [0, 0.1) is 11.6 Å². The second-order valence-corrected chi connectivity index (χ2v) is 7.60. The molecule has 0 bridgehead atoms. The molecular weight excluding hydrogens is 334 g/mol. The highest BCUT2D eigenvalue weighted by molar-refractivity contribution is 5.81. The minimum Gasteiger partial charge on any atom is -0.354 e. The lowest BCUT2D eigenvalue weighted by Gasteiger charge is -2.35. The number of nitrogens with zero attached hydrogens (tertiary/aromatic N) is 2. The highest BCUT2D eigenvalue weighted by atomic mass is 19.1. The van der Waals surface area contributed by atoms with E-state index in [0.29, 0.717) is 18.6 Å². The zero-order valence-corrected chi connectivity index (χ0v) is 15.9. The van der Waals surface area contributed by atoms with Gasteiger partial charge in [-0.15, -0.1) is 0 Å². The van der Waals surface area contributed by atoms with Gasteiger partial charge in [0.15, 0.2) is 5.96 Å². The largest absolute Gasteiger partial charge is 0.354 e. The molecule has 144 valence electrons. The summed E-state index contributed by atoms with van der Waals surface area (Å²) < 4.78 is 27.9. The number of halogens is 2. The first-order valence-electron chi connectivity index (χ1n) is 9.75. The lowest BCUT2D eigenvalue weighted by molar-refractivity contribution is 0.167. The maximum Gasteiger partial charge on any atom is 0.191 e. The van der Waals surface area contributed by atoms with Gasteiger partial charge < -0.3 is 15.5 Å². The molecular formula is C20H30F2N4. The van der Waals surface area contributed by atoms with Crippen molar-refractivity contribution >= 4 is 5.96 Å². The van der Waals surface area contributed by atoms with E-state index < -0.39 is 11.6 Å². The molecule has 4 nitrogen and oxygen atoms in total. The molecule has 2 fully saturated rings. The maximum atomic E-state index is 14.0. The third-order valence-corrected chi connectivity index (χ3v) is 5.40. The summed E-state index contributed by atoms with van der Waals surface area (Å²) in [5.74, 6) is -0.271. The summed E-state index contributed by atoms with van der Waals surface area (Å²) >= 11 is 0. The average Bonchev–Trinajstić information content (AvgIpc) is 3.34. The summed E-state index contributed by atoms with van der Waals surface area (Å²) in [5.41, 5.74) is 0.200. The van der Waals surface area contributed by atoms with Gasteiger partial charge in [0, 0.05) is 49.2 Å². The minimum absolute atomic E-state index is 0.0370. The van der Waals surface area contributed by atoms with Gasteiger partial charge in [0.1, 0.15) is 11.6 Å². The van der Waals surface area contributed by atoms with Crippen molar-refractivity contribution in [1.29, 1.82) is 0 Å². The van der Waals surface area contributed by atoms with Crippen LogP contribution in [0.2, 0.25) is 0 Å². The predicted molar refractivity (Wildman–Crippen MR) is 101 cm³/mol. The molecule has 2 N–H and O–H groups in total. The molecule has 2 unspecified atom stereocenters. The average molecular weight is 364 g/mol. The van der Waals surface area contributed by atoms with E-state index in [1.165, 1.54) is 18.2 Å². The maximum absolute atomic E-state index is 14.0.